The normalized spacial score (nSPS) is 14.5. The van der Waals surface area contributed by atoms with Crippen LogP contribution in [0.1, 0.15) is 323 Å². The van der Waals surface area contributed by atoms with E-state index in [1.807, 2.05) is 0 Å². The Hall–Kier alpha value is -4.54. The minimum absolute atomic E-state index is 0.0588. The molecule has 0 aromatic heterocycles. The lowest BCUT2D eigenvalue weighted by molar-refractivity contribution is -0.161. The smallest absolute Gasteiger partial charge is 0.462 e. The second-order valence-corrected chi connectivity index (χ2v) is 29.2. The Balaban J connectivity index is 5.41. The van der Waals surface area contributed by atoms with Crippen LogP contribution in [-0.4, -0.2) is 96.7 Å². The number of phosphoric acid groups is 2. The van der Waals surface area contributed by atoms with E-state index in [-0.39, 0.29) is 25.7 Å². The van der Waals surface area contributed by atoms with Gasteiger partial charge in [-0.25, -0.2) is 9.13 Å². The van der Waals surface area contributed by atoms with Crippen LogP contribution < -0.4 is 0 Å². The first-order valence-corrected chi connectivity index (χ1v) is 42.8. The van der Waals surface area contributed by atoms with E-state index in [1.165, 1.54) is 70.6 Å². The summed E-state index contributed by atoms with van der Waals surface area (Å²) in [6.45, 7) is 4.57. The van der Waals surface area contributed by atoms with Crippen molar-refractivity contribution in [3.63, 3.8) is 0 Å². The lowest BCUT2D eigenvalue weighted by Crippen LogP contribution is -2.30. The molecule has 0 amide bonds. The largest absolute Gasteiger partial charge is 0.472 e. The van der Waals surface area contributed by atoms with Crippen molar-refractivity contribution in [2.45, 2.75) is 341 Å². The molecule has 19 heteroatoms. The van der Waals surface area contributed by atoms with E-state index in [4.69, 9.17) is 37.0 Å². The Morgan fingerprint density at radius 2 is 0.510 bits per heavy atom. The molecule has 102 heavy (non-hydrogen) atoms. The molecule has 0 aliphatic carbocycles. The number of aliphatic hydroxyl groups excluding tert-OH is 1. The molecule has 3 N–H and O–H groups in total. The fraction of sp³-hybridized carbons (Fsp3) is 0.711. The fourth-order valence-electron chi connectivity index (χ4n) is 10.4. The Kier molecular flexibility index (Phi) is 71.4. The highest BCUT2D eigenvalue weighted by atomic mass is 31.2. The lowest BCUT2D eigenvalue weighted by atomic mass is 10.0. The summed E-state index contributed by atoms with van der Waals surface area (Å²) < 4.78 is 68.6. The number of hydrogen-bond acceptors (Lipinski definition) is 15. The second kappa shape index (κ2) is 74.7. The summed E-state index contributed by atoms with van der Waals surface area (Å²) in [5.74, 6) is -2.23. The molecule has 0 spiro atoms. The summed E-state index contributed by atoms with van der Waals surface area (Å²) in [6.07, 6.45) is 81.7. The zero-order valence-corrected chi connectivity index (χ0v) is 65.8. The molecular weight excluding hydrogens is 1330 g/mol. The van der Waals surface area contributed by atoms with Gasteiger partial charge in [-0.15, -0.1) is 0 Å². The molecule has 0 bridgehead atoms. The summed E-state index contributed by atoms with van der Waals surface area (Å²) in [7, 11) is -9.97. The summed E-state index contributed by atoms with van der Waals surface area (Å²) in [5.41, 5.74) is 0. The van der Waals surface area contributed by atoms with Gasteiger partial charge in [-0.3, -0.25) is 37.3 Å². The molecule has 17 nitrogen and oxygen atoms in total. The van der Waals surface area contributed by atoms with Crippen molar-refractivity contribution in [3.8, 4) is 0 Å². The monoisotopic (exact) mass is 1470 g/mol. The van der Waals surface area contributed by atoms with Crippen LogP contribution in [0.15, 0.2) is 122 Å². The third-order valence-electron chi connectivity index (χ3n) is 16.4. The van der Waals surface area contributed by atoms with Gasteiger partial charge in [0.2, 0.25) is 0 Å². The van der Waals surface area contributed by atoms with E-state index >= 15 is 0 Å². The van der Waals surface area contributed by atoms with Crippen LogP contribution in [0.25, 0.3) is 0 Å². The Morgan fingerprint density at radius 1 is 0.284 bits per heavy atom. The molecule has 586 valence electrons. The molecule has 0 radical (unpaired) electrons. The number of carbonyl (C=O) groups is 4. The maximum absolute atomic E-state index is 13.1. The highest BCUT2D eigenvalue weighted by Gasteiger charge is 2.30. The Morgan fingerprint density at radius 3 is 0.804 bits per heavy atom. The zero-order chi connectivity index (χ0) is 74.6. The number of esters is 4. The maximum atomic E-state index is 13.1. The first-order valence-electron chi connectivity index (χ1n) is 39.8. The summed E-state index contributed by atoms with van der Waals surface area (Å²) in [5, 5.41) is 10.6. The number of carbonyl (C=O) groups excluding carboxylic acids is 4. The number of aliphatic hydroxyl groups is 1. The maximum Gasteiger partial charge on any atom is 0.472 e. The summed E-state index contributed by atoms with van der Waals surface area (Å²) in [6, 6.07) is 0. The van der Waals surface area contributed by atoms with Crippen molar-refractivity contribution in [2.75, 3.05) is 39.6 Å². The molecule has 0 aliphatic heterocycles. The molecule has 0 saturated carbocycles. The van der Waals surface area contributed by atoms with Crippen molar-refractivity contribution in [1.29, 1.82) is 0 Å². The van der Waals surface area contributed by atoms with Gasteiger partial charge < -0.3 is 33.8 Å². The number of rotatable bonds is 74. The third-order valence-corrected chi connectivity index (χ3v) is 18.3. The van der Waals surface area contributed by atoms with Crippen LogP contribution >= 0.6 is 15.6 Å². The standard InChI is InChI=1S/C83H142O17P2/c1-5-9-13-17-21-25-29-33-36-38-41-45-48-52-56-60-64-68-81(86)94-74-79(100-83(88)70-66-62-58-54-50-46-42-39-37-34-30-26-22-18-14-10-6-2)76-98-102(91,92)96-72-77(84)71-95-101(89,90)97-75-78(99-82(87)69-65-61-57-53-49-43-32-28-24-20-16-12-8-4)73-93-80(85)67-63-59-55-51-47-44-40-35-31-27-23-19-15-11-7-3/h9-10,13-14,21-23,25-27,33-37,40-42,45-46,77-79,84H,5-8,11-12,15-20,24,28-32,38-39,43-44,47-76H2,1-4H3,(H,89,90)(H,91,92)/t77?,78-,79-/m1/s1. The van der Waals surface area contributed by atoms with Gasteiger partial charge in [0, 0.05) is 25.7 Å². The second-order valence-electron chi connectivity index (χ2n) is 26.2. The average molecular weight is 1470 g/mol. The van der Waals surface area contributed by atoms with E-state index in [0.717, 1.165) is 173 Å². The van der Waals surface area contributed by atoms with Gasteiger partial charge >= 0.3 is 39.5 Å². The van der Waals surface area contributed by atoms with Gasteiger partial charge in [0.25, 0.3) is 0 Å². The molecule has 0 fully saturated rings. The predicted octanol–water partition coefficient (Wildman–Crippen LogP) is 23.1. The van der Waals surface area contributed by atoms with E-state index in [1.54, 1.807) is 0 Å². The van der Waals surface area contributed by atoms with Gasteiger partial charge in [-0.2, -0.15) is 0 Å². The molecule has 0 saturated heterocycles. The quantitative estimate of drug-likeness (QED) is 0.0169. The number of phosphoric ester groups is 2. The van der Waals surface area contributed by atoms with E-state index in [2.05, 4.69) is 149 Å². The van der Waals surface area contributed by atoms with Crippen LogP contribution in [0.2, 0.25) is 0 Å². The third kappa shape index (κ3) is 73.8. The molecule has 0 heterocycles. The first-order chi connectivity index (χ1) is 49.7. The van der Waals surface area contributed by atoms with Gasteiger partial charge in [-0.05, 0) is 135 Å². The average Bonchev–Trinajstić information content (AvgIpc) is 0.959. The van der Waals surface area contributed by atoms with E-state index in [9.17, 15) is 43.2 Å². The van der Waals surface area contributed by atoms with Crippen molar-refractivity contribution < 1.29 is 80.2 Å². The Bertz CT molecular complexity index is 2410. The highest BCUT2D eigenvalue weighted by Crippen LogP contribution is 2.45. The number of hydrogen-bond donors (Lipinski definition) is 3. The topological polar surface area (TPSA) is 237 Å². The molecule has 0 aromatic carbocycles. The van der Waals surface area contributed by atoms with Gasteiger partial charge in [0.1, 0.15) is 19.3 Å². The molecular formula is C83H142O17P2. The predicted molar refractivity (Wildman–Crippen MR) is 418 cm³/mol. The number of allylic oxidation sites excluding steroid dienone is 20. The van der Waals surface area contributed by atoms with Gasteiger partial charge in [0.15, 0.2) is 12.2 Å². The minimum atomic E-state index is -4.99. The van der Waals surface area contributed by atoms with Crippen molar-refractivity contribution in [3.05, 3.63) is 122 Å². The fourth-order valence-corrected chi connectivity index (χ4v) is 12.0. The van der Waals surface area contributed by atoms with Crippen LogP contribution in [0.3, 0.4) is 0 Å². The van der Waals surface area contributed by atoms with Crippen molar-refractivity contribution in [2.24, 2.45) is 0 Å². The number of ether oxygens (including phenoxy) is 4. The Labute approximate surface area is 619 Å². The van der Waals surface area contributed by atoms with Crippen LogP contribution in [0.4, 0.5) is 0 Å². The van der Waals surface area contributed by atoms with E-state index in [0.29, 0.717) is 25.7 Å². The van der Waals surface area contributed by atoms with Crippen LogP contribution in [-0.2, 0) is 65.4 Å². The molecule has 5 atom stereocenters. The minimum Gasteiger partial charge on any atom is -0.462 e. The number of unbranched alkanes of at least 4 members (excludes halogenated alkanes) is 28. The van der Waals surface area contributed by atoms with Gasteiger partial charge in [0.05, 0.1) is 26.4 Å². The highest BCUT2D eigenvalue weighted by molar-refractivity contribution is 7.47. The molecule has 0 aromatic rings. The molecule has 0 aliphatic rings. The first kappa shape index (κ1) is 97.5. The van der Waals surface area contributed by atoms with Gasteiger partial charge in [-0.1, -0.05) is 284 Å². The van der Waals surface area contributed by atoms with Crippen molar-refractivity contribution in [1.82, 2.24) is 0 Å². The molecule has 3 unspecified atom stereocenters. The summed E-state index contributed by atoms with van der Waals surface area (Å²) >= 11 is 0. The summed E-state index contributed by atoms with van der Waals surface area (Å²) in [4.78, 5) is 73.0. The lowest BCUT2D eigenvalue weighted by Gasteiger charge is -2.21. The SMILES string of the molecule is CCC=CCC=CCC=CCC=CCCCCCCC(=O)OC[C@H](COP(=O)(O)OCC(O)COP(=O)(O)OC[C@@H](COC(=O)CCCCCCCC=CCC=CCCCCC)OC(=O)CCCCCCCCCCCCCCC)OC(=O)CCCCCCC=CCC=CCC=CCC=CCC. The van der Waals surface area contributed by atoms with Crippen LogP contribution in [0.5, 0.6) is 0 Å². The van der Waals surface area contributed by atoms with Crippen LogP contribution in [0, 0.1) is 0 Å². The van der Waals surface area contributed by atoms with Crippen molar-refractivity contribution >= 4 is 39.5 Å². The van der Waals surface area contributed by atoms with E-state index < -0.39 is 97.5 Å². The molecule has 0 rings (SSSR count). The zero-order valence-electron chi connectivity index (χ0n) is 64.0.